The van der Waals surface area contributed by atoms with E-state index in [1.165, 1.54) is 21.6 Å². The van der Waals surface area contributed by atoms with Crippen molar-refractivity contribution < 1.29 is 0 Å². The average molecular weight is 398 g/mol. The fourth-order valence-electron chi connectivity index (χ4n) is 4.10. The van der Waals surface area contributed by atoms with Gasteiger partial charge in [0, 0.05) is 34.0 Å². The zero-order valence-corrected chi connectivity index (χ0v) is 16.5. The van der Waals surface area contributed by atoms with E-state index in [4.69, 9.17) is 0 Å². The normalized spacial score (nSPS) is 14.6. The molecule has 0 radical (unpaired) electrons. The number of aromatic nitrogens is 4. The van der Waals surface area contributed by atoms with Crippen LogP contribution in [-0.4, -0.2) is 33.3 Å². The van der Waals surface area contributed by atoms with Crippen molar-refractivity contribution in [2.75, 3.05) is 13.1 Å². The molecule has 0 atom stereocenters. The van der Waals surface area contributed by atoms with Crippen LogP contribution in [0.4, 0.5) is 0 Å². The fourth-order valence-corrected chi connectivity index (χ4v) is 4.87. The molecule has 1 aromatic carbocycles. The molecule has 4 aromatic heterocycles. The van der Waals surface area contributed by atoms with E-state index < -0.39 is 0 Å². The second-order valence-electron chi connectivity index (χ2n) is 7.30. The molecule has 1 aliphatic rings. The molecular weight excluding hydrogens is 378 g/mol. The van der Waals surface area contributed by atoms with E-state index in [0.717, 1.165) is 52.8 Å². The summed E-state index contributed by atoms with van der Waals surface area (Å²) in [6, 6.07) is 15.0. The first-order valence-corrected chi connectivity index (χ1v) is 10.6. The molecule has 0 spiro atoms. The number of benzene rings is 1. The van der Waals surface area contributed by atoms with Crippen molar-refractivity contribution >= 4 is 38.8 Å². The largest absolute Gasteiger partial charge is 0.338 e. The molecule has 0 bridgehead atoms. The lowest BCUT2D eigenvalue weighted by Gasteiger charge is -2.14. The quantitative estimate of drug-likeness (QED) is 0.391. The molecular formula is C23H19N5S. The van der Waals surface area contributed by atoms with E-state index >= 15 is 0 Å². The summed E-state index contributed by atoms with van der Waals surface area (Å²) < 4.78 is 0. The Morgan fingerprint density at radius 3 is 2.90 bits per heavy atom. The lowest BCUT2D eigenvalue weighted by molar-refractivity contribution is 0.739. The van der Waals surface area contributed by atoms with Gasteiger partial charge in [-0.25, -0.2) is 4.98 Å². The van der Waals surface area contributed by atoms with E-state index in [1.54, 1.807) is 11.3 Å². The van der Waals surface area contributed by atoms with E-state index in [1.807, 2.05) is 6.20 Å². The van der Waals surface area contributed by atoms with Crippen LogP contribution in [0.1, 0.15) is 12.0 Å². The van der Waals surface area contributed by atoms with Crippen LogP contribution in [0.3, 0.4) is 0 Å². The molecule has 0 saturated carbocycles. The molecule has 0 fully saturated rings. The average Bonchev–Trinajstić information content (AvgIpc) is 3.52. The number of pyridine rings is 1. The highest BCUT2D eigenvalue weighted by Gasteiger charge is 2.15. The van der Waals surface area contributed by atoms with Crippen LogP contribution in [0.2, 0.25) is 0 Å². The summed E-state index contributed by atoms with van der Waals surface area (Å²) in [5.41, 5.74) is 7.73. The highest BCUT2D eigenvalue weighted by molar-refractivity contribution is 7.13. The Bertz CT molecular complexity index is 1360. The van der Waals surface area contributed by atoms with Crippen LogP contribution in [0.5, 0.6) is 0 Å². The summed E-state index contributed by atoms with van der Waals surface area (Å²) in [6.07, 6.45) is 5.20. The maximum Gasteiger partial charge on any atom is 0.138 e. The molecule has 0 aliphatic carbocycles. The number of hydrogen-bond acceptors (Lipinski definition) is 4. The van der Waals surface area contributed by atoms with Crippen molar-refractivity contribution in [3.63, 3.8) is 0 Å². The van der Waals surface area contributed by atoms with Gasteiger partial charge in [0.05, 0.1) is 11.2 Å². The van der Waals surface area contributed by atoms with Crippen LogP contribution in [0.15, 0.2) is 60.1 Å². The number of rotatable bonds is 3. The van der Waals surface area contributed by atoms with Gasteiger partial charge in [-0.15, -0.1) is 11.3 Å². The minimum Gasteiger partial charge on any atom is -0.338 e. The summed E-state index contributed by atoms with van der Waals surface area (Å²) >= 11 is 1.74. The standard InChI is InChI=1S/C23H19N5S/c1-2-21(29-11-1)16-7-10-25-23-17(16)13-20(26-23)22-18-12-15(3-4-19(18)27-28-22)14-5-8-24-9-6-14/h1-5,7,10-13,24H,6,8-9H2,(H,25,26)(H,27,28). The molecule has 0 unspecified atom stereocenters. The van der Waals surface area contributed by atoms with Gasteiger partial charge in [-0.1, -0.05) is 18.2 Å². The molecule has 29 heavy (non-hydrogen) atoms. The molecule has 3 N–H and O–H groups in total. The molecule has 1 aliphatic heterocycles. The van der Waals surface area contributed by atoms with Crippen molar-refractivity contribution in [3.05, 3.63) is 65.7 Å². The molecule has 5 nitrogen and oxygen atoms in total. The second-order valence-corrected chi connectivity index (χ2v) is 8.24. The Balaban J connectivity index is 1.50. The van der Waals surface area contributed by atoms with Crippen molar-refractivity contribution in [2.24, 2.45) is 0 Å². The third kappa shape index (κ3) is 2.80. The summed E-state index contributed by atoms with van der Waals surface area (Å²) in [7, 11) is 0. The lowest BCUT2D eigenvalue weighted by atomic mass is 9.98. The number of aromatic amines is 2. The maximum absolute atomic E-state index is 4.63. The molecule has 142 valence electrons. The Morgan fingerprint density at radius 2 is 2.03 bits per heavy atom. The summed E-state index contributed by atoms with van der Waals surface area (Å²) in [5, 5.41) is 15.5. The summed E-state index contributed by atoms with van der Waals surface area (Å²) in [4.78, 5) is 9.27. The molecule has 5 heterocycles. The number of nitrogens with one attached hydrogen (secondary N) is 3. The molecule has 0 saturated heterocycles. The monoisotopic (exact) mass is 397 g/mol. The highest BCUT2D eigenvalue weighted by Crippen LogP contribution is 2.35. The van der Waals surface area contributed by atoms with E-state index in [-0.39, 0.29) is 0 Å². The van der Waals surface area contributed by atoms with Gasteiger partial charge in [-0.3, -0.25) is 5.10 Å². The molecule has 5 aromatic rings. The third-order valence-electron chi connectivity index (χ3n) is 5.57. The molecule has 6 rings (SSSR count). The van der Waals surface area contributed by atoms with Crippen molar-refractivity contribution in [3.8, 4) is 21.8 Å². The fraction of sp³-hybridized carbons (Fsp3) is 0.130. The van der Waals surface area contributed by atoms with Crippen LogP contribution >= 0.6 is 11.3 Å². The van der Waals surface area contributed by atoms with Crippen molar-refractivity contribution in [1.82, 2.24) is 25.5 Å². The Morgan fingerprint density at radius 1 is 1.03 bits per heavy atom. The van der Waals surface area contributed by atoms with Crippen molar-refractivity contribution in [2.45, 2.75) is 6.42 Å². The SMILES string of the molecule is C1=C(c2ccc3[nH]nc(-c4cc5c(-c6cccs6)ccnc5[nH]4)c3c2)CCNC1. The first-order valence-electron chi connectivity index (χ1n) is 9.77. The van der Waals surface area contributed by atoms with Gasteiger partial charge in [-0.05, 0) is 59.8 Å². The van der Waals surface area contributed by atoms with Gasteiger partial charge in [-0.2, -0.15) is 5.10 Å². The van der Waals surface area contributed by atoms with E-state index in [0.29, 0.717) is 0 Å². The van der Waals surface area contributed by atoms with Gasteiger partial charge in [0.1, 0.15) is 11.3 Å². The first kappa shape index (κ1) is 16.7. The molecule has 0 amide bonds. The smallest absolute Gasteiger partial charge is 0.138 e. The van der Waals surface area contributed by atoms with E-state index in [2.05, 4.69) is 79.4 Å². The second kappa shape index (κ2) is 6.69. The van der Waals surface area contributed by atoms with Gasteiger partial charge < -0.3 is 10.3 Å². The van der Waals surface area contributed by atoms with Gasteiger partial charge in [0.2, 0.25) is 0 Å². The number of H-pyrrole nitrogens is 2. The number of nitrogens with zero attached hydrogens (tertiary/aromatic N) is 2. The third-order valence-corrected chi connectivity index (χ3v) is 6.47. The maximum atomic E-state index is 4.63. The zero-order valence-electron chi connectivity index (χ0n) is 15.7. The van der Waals surface area contributed by atoms with Crippen LogP contribution in [0, 0.1) is 0 Å². The number of thiophene rings is 1. The minimum absolute atomic E-state index is 0.888. The Kier molecular flexibility index (Phi) is 3.85. The predicted octanol–water partition coefficient (Wildman–Crippen LogP) is 5.21. The van der Waals surface area contributed by atoms with Crippen LogP contribution in [-0.2, 0) is 0 Å². The predicted molar refractivity (Wildman–Crippen MR) is 120 cm³/mol. The Hall–Kier alpha value is -3.22. The summed E-state index contributed by atoms with van der Waals surface area (Å²) in [6.45, 7) is 1.96. The first-order chi connectivity index (χ1) is 14.4. The molecule has 6 heteroatoms. The van der Waals surface area contributed by atoms with Crippen LogP contribution in [0.25, 0.3) is 49.3 Å². The number of fused-ring (bicyclic) bond motifs is 2. The summed E-state index contributed by atoms with van der Waals surface area (Å²) in [5.74, 6) is 0. The topological polar surface area (TPSA) is 69.4 Å². The Labute approximate surface area is 171 Å². The minimum atomic E-state index is 0.888. The van der Waals surface area contributed by atoms with Gasteiger partial charge >= 0.3 is 0 Å². The zero-order chi connectivity index (χ0) is 19.2. The van der Waals surface area contributed by atoms with E-state index in [9.17, 15) is 0 Å². The lowest BCUT2D eigenvalue weighted by Crippen LogP contribution is -2.19. The van der Waals surface area contributed by atoms with Gasteiger partial charge in [0.15, 0.2) is 0 Å². The van der Waals surface area contributed by atoms with Crippen LogP contribution < -0.4 is 5.32 Å². The van der Waals surface area contributed by atoms with Gasteiger partial charge in [0.25, 0.3) is 0 Å². The van der Waals surface area contributed by atoms with Crippen molar-refractivity contribution in [1.29, 1.82) is 0 Å². The number of hydrogen-bond donors (Lipinski definition) is 3. The highest BCUT2D eigenvalue weighted by atomic mass is 32.1.